The molecular formula is C30H23N3O3S. The van der Waals surface area contributed by atoms with Gasteiger partial charge in [0.05, 0.1) is 21.2 Å². The molecule has 6 nitrogen and oxygen atoms in total. The lowest BCUT2D eigenvalue weighted by Gasteiger charge is -2.31. The van der Waals surface area contributed by atoms with Gasteiger partial charge in [-0.25, -0.2) is 4.99 Å². The highest BCUT2D eigenvalue weighted by Gasteiger charge is 2.32. The zero-order valence-electron chi connectivity index (χ0n) is 19.9. The third-order valence-corrected chi connectivity index (χ3v) is 7.77. The lowest BCUT2D eigenvalue weighted by Crippen LogP contribution is -2.39. The van der Waals surface area contributed by atoms with Crippen LogP contribution in [0.2, 0.25) is 0 Å². The minimum absolute atomic E-state index is 0.0214. The van der Waals surface area contributed by atoms with Crippen LogP contribution in [0.1, 0.15) is 42.0 Å². The molecular weight excluding hydrogens is 482 g/mol. The molecule has 1 atom stereocenters. The first-order valence-electron chi connectivity index (χ1n) is 12.2. The molecule has 0 bridgehead atoms. The fourth-order valence-electron chi connectivity index (χ4n) is 5.09. The number of non-ortho nitro benzene ring substituents is 1. The van der Waals surface area contributed by atoms with Gasteiger partial charge in [0.2, 0.25) is 0 Å². The topological polar surface area (TPSA) is 77.5 Å². The van der Waals surface area contributed by atoms with Crippen LogP contribution < -0.4 is 14.9 Å². The van der Waals surface area contributed by atoms with E-state index in [1.54, 1.807) is 18.2 Å². The van der Waals surface area contributed by atoms with Crippen LogP contribution in [0.3, 0.4) is 0 Å². The highest BCUT2D eigenvalue weighted by atomic mass is 32.1. The molecule has 0 fully saturated rings. The van der Waals surface area contributed by atoms with E-state index in [9.17, 15) is 14.9 Å². The van der Waals surface area contributed by atoms with Crippen molar-refractivity contribution < 1.29 is 4.92 Å². The second-order valence-electron chi connectivity index (χ2n) is 9.15. The lowest BCUT2D eigenvalue weighted by atomic mass is 9.84. The Morgan fingerprint density at radius 2 is 1.57 bits per heavy atom. The first kappa shape index (κ1) is 23.1. The fourth-order valence-corrected chi connectivity index (χ4v) is 6.09. The Labute approximate surface area is 217 Å². The van der Waals surface area contributed by atoms with Crippen LogP contribution in [0, 0.1) is 10.1 Å². The molecule has 1 aliphatic heterocycles. The van der Waals surface area contributed by atoms with Crippen LogP contribution in [0.25, 0.3) is 12.2 Å². The number of rotatable bonds is 4. The van der Waals surface area contributed by atoms with E-state index in [2.05, 4.69) is 30.3 Å². The molecule has 0 amide bonds. The Morgan fingerprint density at radius 1 is 0.892 bits per heavy atom. The van der Waals surface area contributed by atoms with Gasteiger partial charge < -0.3 is 0 Å². The van der Waals surface area contributed by atoms with Crippen LogP contribution in [-0.2, 0) is 0 Å². The summed E-state index contributed by atoms with van der Waals surface area (Å²) in [6, 6.07) is 26.4. The Balaban J connectivity index is 1.54. The summed E-state index contributed by atoms with van der Waals surface area (Å²) >= 11 is 1.36. The fraction of sp³-hybridized carbons (Fsp3) is 0.133. The van der Waals surface area contributed by atoms with Crippen molar-refractivity contribution in [2.45, 2.75) is 25.3 Å². The number of hydrogen-bond donors (Lipinski definition) is 0. The third-order valence-electron chi connectivity index (χ3n) is 6.79. The second kappa shape index (κ2) is 9.59. The van der Waals surface area contributed by atoms with E-state index in [1.165, 1.54) is 34.6 Å². The van der Waals surface area contributed by atoms with E-state index in [4.69, 9.17) is 4.99 Å². The van der Waals surface area contributed by atoms with Gasteiger partial charge in [-0.2, -0.15) is 0 Å². The van der Waals surface area contributed by atoms with Crippen LogP contribution in [0.5, 0.6) is 0 Å². The summed E-state index contributed by atoms with van der Waals surface area (Å²) in [5, 5.41) is 11.0. The molecule has 182 valence electrons. The molecule has 0 saturated carbocycles. The summed E-state index contributed by atoms with van der Waals surface area (Å²) < 4.78 is 2.38. The number of nitro groups is 1. The SMILES string of the molecule is O=c1/c(=C\c2ccc([N+](=O)[O-])cc2)sc2n1C(c1ccccc1)C1=C(N=2)/C(=C/c2ccccc2)CCC1. The van der Waals surface area contributed by atoms with E-state index in [-0.39, 0.29) is 17.3 Å². The van der Waals surface area contributed by atoms with Gasteiger partial charge in [0.15, 0.2) is 4.80 Å². The molecule has 0 N–H and O–H groups in total. The number of allylic oxidation sites excluding steroid dienone is 2. The maximum atomic E-state index is 13.8. The van der Waals surface area contributed by atoms with Crippen molar-refractivity contribution in [1.82, 2.24) is 4.57 Å². The number of thiazole rings is 1. The minimum atomic E-state index is -0.428. The van der Waals surface area contributed by atoms with Gasteiger partial charge in [0.1, 0.15) is 0 Å². The predicted molar refractivity (Wildman–Crippen MR) is 146 cm³/mol. The molecule has 4 aromatic rings. The zero-order chi connectivity index (χ0) is 25.4. The van der Waals surface area contributed by atoms with Crippen molar-refractivity contribution in [2.24, 2.45) is 4.99 Å². The highest BCUT2D eigenvalue weighted by Crippen LogP contribution is 2.41. The van der Waals surface area contributed by atoms with Crippen molar-refractivity contribution in [1.29, 1.82) is 0 Å². The van der Waals surface area contributed by atoms with Crippen molar-refractivity contribution in [3.8, 4) is 0 Å². The Bertz CT molecular complexity index is 1730. The maximum Gasteiger partial charge on any atom is 0.271 e. The largest absolute Gasteiger partial charge is 0.272 e. The minimum Gasteiger partial charge on any atom is -0.272 e. The third kappa shape index (κ3) is 4.38. The summed E-state index contributed by atoms with van der Waals surface area (Å²) in [4.78, 5) is 30.1. The predicted octanol–water partition coefficient (Wildman–Crippen LogP) is 5.39. The summed E-state index contributed by atoms with van der Waals surface area (Å²) in [6.07, 6.45) is 6.83. The Morgan fingerprint density at radius 3 is 2.27 bits per heavy atom. The van der Waals surface area contributed by atoms with Gasteiger partial charge in [-0.1, -0.05) is 72.0 Å². The maximum absolute atomic E-state index is 13.8. The van der Waals surface area contributed by atoms with Crippen molar-refractivity contribution in [3.63, 3.8) is 0 Å². The van der Waals surface area contributed by atoms with Crippen LogP contribution in [0.4, 0.5) is 5.69 Å². The molecule has 2 heterocycles. The van der Waals surface area contributed by atoms with Crippen LogP contribution in [-0.4, -0.2) is 9.49 Å². The van der Waals surface area contributed by atoms with Gasteiger partial charge in [-0.05, 0) is 71.4 Å². The molecule has 7 heteroatoms. The highest BCUT2D eigenvalue weighted by molar-refractivity contribution is 7.07. The Hall–Kier alpha value is -4.36. The molecule has 1 aromatic heterocycles. The number of hydrogen-bond acceptors (Lipinski definition) is 5. The quantitative estimate of drug-likeness (QED) is 0.276. The number of fused-ring (bicyclic) bond motifs is 1. The van der Waals surface area contributed by atoms with Gasteiger partial charge in [-0.15, -0.1) is 0 Å². The van der Waals surface area contributed by atoms with Crippen LogP contribution in [0.15, 0.2) is 112 Å². The molecule has 1 unspecified atom stereocenters. The first-order chi connectivity index (χ1) is 18.1. The van der Waals surface area contributed by atoms with Gasteiger partial charge >= 0.3 is 0 Å². The second-order valence-corrected chi connectivity index (χ2v) is 10.2. The average molecular weight is 506 g/mol. The summed E-state index contributed by atoms with van der Waals surface area (Å²) in [6.45, 7) is 0. The summed E-state index contributed by atoms with van der Waals surface area (Å²) in [5.41, 5.74) is 6.23. The smallest absolute Gasteiger partial charge is 0.271 e. The van der Waals surface area contributed by atoms with E-state index in [0.717, 1.165) is 41.6 Å². The zero-order valence-corrected chi connectivity index (χ0v) is 20.7. The van der Waals surface area contributed by atoms with E-state index >= 15 is 0 Å². The van der Waals surface area contributed by atoms with Crippen molar-refractivity contribution >= 4 is 29.2 Å². The monoisotopic (exact) mass is 505 g/mol. The average Bonchev–Trinajstić information content (AvgIpc) is 3.23. The van der Waals surface area contributed by atoms with Crippen LogP contribution >= 0.6 is 11.3 Å². The summed E-state index contributed by atoms with van der Waals surface area (Å²) in [5.74, 6) is 0. The van der Waals surface area contributed by atoms with Crippen molar-refractivity contribution in [3.05, 3.63) is 148 Å². The number of nitro benzene ring substituents is 1. The normalized spacial score (nSPS) is 18.3. The standard InChI is InChI=1S/C30H23N3O3S/c34-29-26(19-21-14-16-24(17-15-21)33(35)36)37-30-31-27-23(18-20-8-3-1-4-9-20)12-7-13-25(27)28(32(29)30)22-10-5-2-6-11-22/h1-6,8-11,14-19,28H,7,12-13H2/b23-18+,26-19+. The molecule has 1 aliphatic carbocycles. The molecule has 0 radical (unpaired) electrons. The molecule has 0 spiro atoms. The van der Waals surface area contributed by atoms with Gasteiger partial charge in [0, 0.05) is 12.1 Å². The molecule has 2 aliphatic rings. The molecule has 6 rings (SSSR count). The van der Waals surface area contributed by atoms with Gasteiger partial charge in [-0.3, -0.25) is 19.5 Å². The number of benzene rings is 3. The van der Waals surface area contributed by atoms with E-state index in [0.29, 0.717) is 9.33 Å². The van der Waals surface area contributed by atoms with E-state index < -0.39 is 4.92 Å². The number of aromatic nitrogens is 1. The lowest BCUT2D eigenvalue weighted by molar-refractivity contribution is -0.384. The molecule has 0 saturated heterocycles. The summed E-state index contributed by atoms with van der Waals surface area (Å²) in [7, 11) is 0. The van der Waals surface area contributed by atoms with Gasteiger partial charge in [0.25, 0.3) is 11.2 Å². The van der Waals surface area contributed by atoms with E-state index in [1.807, 2.05) is 41.0 Å². The first-order valence-corrected chi connectivity index (χ1v) is 13.0. The Kier molecular flexibility index (Phi) is 5.98. The molecule has 3 aromatic carbocycles. The molecule has 37 heavy (non-hydrogen) atoms. The van der Waals surface area contributed by atoms with Crippen molar-refractivity contribution in [2.75, 3.05) is 0 Å². The number of nitrogens with zero attached hydrogens (tertiary/aromatic N) is 3.